The van der Waals surface area contributed by atoms with Crippen molar-refractivity contribution >= 4 is 23.7 Å². The molecule has 0 saturated carbocycles. The van der Waals surface area contributed by atoms with E-state index >= 15 is 0 Å². The molecule has 208 valence electrons. The molecule has 1 heterocycles. The zero-order chi connectivity index (χ0) is 28.3. The average Bonchev–Trinajstić information content (AvgIpc) is 3.44. The van der Waals surface area contributed by atoms with Crippen molar-refractivity contribution in [2.24, 2.45) is 10.7 Å². The molecule has 0 spiro atoms. The Morgan fingerprint density at radius 3 is 2.35 bits per heavy atom. The average molecular weight is 544 g/mol. The van der Waals surface area contributed by atoms with Crippen LogP contribution in [0, 0.1) is 0 Å². The summed E-state index contributed by atoms with van der Waals surface area (Å²) in [5, 5.41) is 8.73. The van der Waals surface area contributed by atoms with Crippen LogP contribution in [0.15, 0.2) is 89.9 Å². The lowest BCUT2D eigenvalue weighted by molar-refractivity contribution is -0.129. The minimum Gasteiger partial charge on any atom is -0.489 e. The number of aliphatic imine (C=N–C) groups is 1. The van der Waals surface area contributed by atoms with E-state index in [1.165, 1.54) is 0 Å². The van der Waals surface area contributed by atoms with Gasteiger partial charge in [-0.05, 0) is 30.2 Å². The summed E-state index contributed by atoms with van der Waals surface area (Å²) in [7, 11) is 0. The molecule has 0 bridgehead atoms. The number of benzene rings is 3. The van der Waals surface area contributed by atoms with Crippen molar-refractivity contribution in [2.75, 3.05) is 6.54 Å². The molecule has 3 aromatic rings. The molecule has 0 aliphatic carbocycles. The molecule has 10 nitrogen and oxygen atoms in total. The fraction of sp³-hybridized carbons (Fsp3) is 0.267. The normalized spacial score (nSPS) is 17.5. The van der Waals surface area contributed by atoms with Crippen LogP contribution in [0.5, 0.6) is 5.75 Å². The molecular formula is C30H33N5O5. The zero-order valence-corrected chi connectivity index (χ0v) is 22.2. The van der Waals surface area contributed by atoms with Gasteiger partial charge in [0.1, 0.15) is 30.3 Å². The molecule has 1 saturated heterocycles. The lowest BCUT2D eigenvalue weighted by Gasteiger charge is -2.17. The quantitative estimate of drug-likeness (QED) is 0.227. The fourth-order valence-electron chi connectivity index (χ4n) is 4.11. The molecule has 10 heteroatoms. The van der Waals surface area contributed by atoms with Gasteiger partial charge < -0.3 is 31.2 Å². The number of carbonyl (C=O) groups excluding carboxylic acids is 3. The first kappa shape index (κ1) is 28.3. The first-order chi connectivity index (χ1) is 19.4. The molecule has 3 aromatic carbocycles. The van der Waals surface area contributed by atoms with Gasteiger partial charge >= 0.3 is 6.09 Å². The molecule has 40 heavy (non-hydrogen) atoms. The standard InChI is InChI=1S/C30H33N5O5/c1-20(34-29(37)26-16-25(18-32-26)40-24-10-6-3-7-11-24)28(36)33-17-21-12-14-23(15-13-21)27(31)35-30(38)39-19-22-8-4-2-5-9-22/h2-15,20,25-26,32H,16-19H2,1H3,(H,33,36)(H,34,37)(H2,31,35,38)/t20-,25-,26?/m0/s1. The predicted molar refractivity (Wildman–Crippen MR) is 151 cm³/mol. The Labute approximate surface area is 233 Å². The van der Waals surface area contributed by atoms with Gasteiger partial charge in [-0.25, -0.2) is 4.79 Å². The number of ether oxygens (including phenoxy) is 2. The number of nitrogens with two attached hydrogens (primary N) is 1. The van der Waals surface area contributed by atoms with Crippen molar-refractivity contribution in [3.63, 3.8) is 0 Å². The number of nitrogens with zero attached hydrogens (tertiary/aromatic N) is 1. The minimum atomic E-state index is -0.777. The van der Waals surface area contributed by atoms with Crippen LogP contribution in [0.25, 0.3) is 0 Å². The number of rotatable bonds is 10. The molecule has 1 aliphatic heterocycles. The monoisotopic (exact) mass is 543 g/mol. The number of amidine groups is 1. The highest BCUT2D eigenvalue weighted by Gasteiger charge is 2.32. The zero-order valence-electron chi connectivity index (χ0n) is 22.2. The van der Waals surface area contributed by atoms with Crippen LogP contribution in [0.3, 0.4) is 0 Å². The lowest BCUT2D eigenvalue weighted by Crippen LogP contribution is -2.49. The first-order valence-electron chi connectivity index (χ1n) is 13.0. The van der Waals surface area contributed by atoms with E-state index in [9.17, 15) is 14.4 Å². The van der Waals surface area contributed by atoms with E-state index in [1.807, 2.05) is 60.7 Å². The molecule has 1 fully saturated rings. The fourth-order valence-corrected chi connectivity index (χ4v) is 4.11. The van der Waals surface area contributed by atoms with Crippen LogP contribution in [-0.4, -0.2) is 48.5 Å². The van der Waals surface area contributed by atoms with Crippen molar-refractivity contribution in [1.29, 1.82) is 0 Å². The van der Waals surface area contributed by atoms with Gasteiger partial charge in [-0.3, -0.25) is 9.59 Å². The van der Waals surface area contributed by atoms with E-state index in [0.717, 1.165) is 16.9 Å². The number of carbonyl (C=O) groups is 3. The smallest absolute Gasteiger partial charge is 0.435 e. The largest absolute Gasteiger partial charge is 0.489 e. The van der Waals surface area contributed by atoms with Crippen LogP contribution in [0.1, 0.15) is 30.0 Å². The van der Waals surface area contributed by atoms with Crippen molar-refractivity contribution in [3.05, 3.63) is 102 Å². The molecule has 5 N–H and O–H groups in total. The Morgan fingerprint density at radius 2 is 1.65 bits per heavy atom. The number of para-hydroxylation sites is 1. The van der Waals surface area contributed by atoms with Gasteiger partial charge in [0.2, 0.25) is 11.8 Å². The Morgan fingerprint density at radius 1 is 0.975 bits per heavy atom. The van der Waals surface area contributed by atoms with Gasteiger partial charge in [-0.2, -0.15) is 4.99 Å². The molecule has 3 atom stereocenters. The molecule has 3 amide bonds. The molecular weight excluding hydrogens is 510 g/mol. The maximum atomic E-state index is 12.7. The van der Waals surface area contributed by atoms with Gasteiger partial charge in [0.25, 0.3) is 0 Å². The van der Waals surface area contributed by atoms with Gasteiger partial charge in [-0.1, -0.05) is 72.8 Å². The third-order valence-corrected chi connectivity index (χ3v) is 6.34. The summed E-state index contributed by atoms with van der Waals surface area (Å²) in [5.74, 6) is 0.229. The topological polar surface area (TPSA) is 144 Å². The van der Waals surface area contributed by atoms with E-state index in [0.29, 0.717) is 18.5 Å². The number of nitrogens with one attached hydrogen (secondary N) is 3. The number of hydrogen-bond donors (Lipinski definition) is 4. The summed E-state index contributed by atoms with van der Waals surface area (Å²) >= 11 is 0. The predicted octanol–water partition coefficient (Wildman–Crippen LogP) is 2.66. The van der Waals surface area contributed by atoms with Crippen LogP contribution in [-0.2, 0) is 27.5 Å². The second-order valence-electron chi connectivity index (χ2n) is 9.43. The van der Waals surface area contributed by atoms with Crippen LogP contribution < -0.4 is 26.4 Å². The van der Waals surface area contributed by atoms with E-state index in [-0.39, 0.29) is 36.9 Å². The van der Waals surface area contributed by atoms with Crippen molar-refractivity contribution < 1.29 is 23.9 Å². The SMILES string of the molecule is C[C@H](NC(=O)C1C[C@H](Oc2ccccc2)CN1)C(=O)NCc1ccc(/C(N)=N/C(=O)OCc2ccccc2)cc1. The number of amides is 3. The van der Waals surface area contributed by atoms with Crippen LogP contribution in [0.2, 0.25) is 0 Å². The number of hydrogen-bond acceptors (Lipinski definition) is 6. The Kier molecular flexibility index (Phi) is 9.84. The van der Waals surface area contributed by atoms with Crippen LogP contribution in [0.4, 0.5) is 4.79 Å². The van der Waals surface area contributed by atoms with Gasteiger partial charge in [0, 0.05) is 25.1 Å². The van der Waals surface area contributed by atoms with Crippen molar-refractivity contribution in [2.45, 2.75) is 44.7 Å². The Hall–Kier alpha value is -4.70. The maximum Gasteiger partial charge on any atom is 0.435 e. The molecule has 1 aliphatic rings. The van der Waals surface area contributed by atoms with E-state index in [4.69, 9.17) is 15.2 Å². The second-order valence-corrected chi connectivity index (χ2v) is 9.43. The molecule has 0 aromatic heterocycles. The summed E-state index contributed by atoms with van der Waals surface area (Å²) < 4.78 is 11.0. The highest BCUT2D eigenvalue weighted by atomic mass is 16.5. The highest BCUT2D eigenvalue weighted by Crippen LogP contribution is 2.17. The Balaban J connectivity index is 1.18. The van der Waals surface area contributed by atoms with Crippen LogP contribution >= 0.6 is 0 Å². The first-order valence-corrected chi connectivity index (χ1v) is 13.0. The summed E-state index contributed by atoms with van der Waals surface area (Å²) in [4.78, 5) is 41.0. The maximum absolute atomic E-state index is 12.7. The highest BCUT2D eigenvalue weighted by molar-refractivity contribution is 6.02. The van der Waals surface area contributed by atoms with Gasteiger partial charge in [0.15, 0.2) is 0 Å². The molecule has 4 rings (SSSR count). The van der Waals surface area contributed by atoms with Crippen molar-refractivity contribution in [3.8, 4) is 5.75 Å². The summed E-state index contributed by atoms with van der Waals surface area (Å²) in [5.41, 5.74) is 8.16. The van der Waals surface area contributed by atoms with E-state index < -0.39 is 18.2 Å². The summed E-state index contributed by atoms with van der Waals surface area (Å²) in [6, 6.07) is 24.5. The van der Waals surface area contributed by atoms with E-state index in [1.54, 1.807) is 31.2 Å². The van der Waals surface area contributed by atoms with Gasteiger partial charge in [0.05, 0.1) is 6.04 Å². The lowest BCUT2D eigenvalue weighted by atomic mass is 10.1. The third-order valence-electron chi connectivity index (χ3n) is 6.34. The summed E-state index contributed by atoms with van der Waals surface area (Å²) in [6.07, 6.45) is -0.386. The molecule has 0 radical (unpaired) electrons. The second kappa shape index (κ2) is 13.9. The van der Waals surface area contributed by atoms with Crippen molar-refractivity contribution in [1.82, 2.24) is 16.0 Å². The molecule has 1 unspecified atom stereocenters. The van der Waals surface area contributed by atoms with Gasteiger partial charge in [-0.15, -0.1) is 0 Å². The van der Waals surface area contributed by atoms with E-state index in [2.05, 4.69) is 20.9 Å². The Bertz CT molecular complexity index is 1320. The minimum absolute atomic E-state index is 0.0295. The summed E-state index contributed by atoms with van der Waals surface area (Å²) in [6.45, 7) is 2.55. The third kappa shape index (κ3) is 8.40.